The molecule has 8 heteroatoms. The molecule has 2 aromatic carbocycles. The Morgan fingerprint density at radius 3 is 2.50 bits per heavy atom. The molecule has 0 N–H and O–H groups in total. The average Bonchev–Trinajstić information content (AvgIpc) is 3.03. The monoisotopic (exact) mass is 525 g/mol. The molecule has 1 fully saturated rings. The molecule has 0 amide bonds. The second-order valence-electron chi connectivity index (χ2n) is 7.10. The molecule has 1 saturated heterocycles. The van der Waals surface area contributed by atoms with Crippen LogP contribution in [0.1, 0.15) is 24.5 Å². The number of halogens is 2. The molecule has 1 aliphatic heterocycles. The smallest absolute Gasteiger partial charge is 0.244 e. The van der Waals surface area contributed by atoms with E-state index in [2.05, 4.69) is 38.1 Å². The fourth-order valence-corrected chi connectivity index (χ4v) is 6.52. The minimum atomic E-state index is -3.78. The third-order valence-electron chi connectivity index (χ3n) is 5.03. The third kappa shape index (κ3) is 4.43. The number of hydrogen-bond acceptors (Lipinski definition) is 4. The van der Waals surface area contributed by atoms with E-state index in [0.717, 1.165) is 11.1 Å². The van der Waals surface area contributed by atoms with Crippen molar-refractivity contribution in [1.82, 2.24) is 9.21 Å². The Balaban J connectivity index is 2.03. The SMILES string of the molecule is Cc1ccc(CN([C@H]2C[C@H](C)N(C#N)C2)S(=O)(=O)c2cc(Br)ccc2Br)cc1. The quantitative estimate of drug-likeness (QED) is 0.532. The zero-order valence-electron chi connectivity index (χ0n) is 15.6. The van der Waals surface area contributed by atoms with Gasteiger partial charge >= 0.3 is 0 Å². The van der Waals surface area contributed by atoms with Crippen LogP contribution in [0.3, 0.4) is 0 Å². The van der Waals surface area contributed by atoms with Gasteiger partial charge in [-0.05, 0) is 60.0 Å². The van der Waals surface area contributed by atoms with E-state index in [0.29, 0.717) is 21.9 Å². The van der Waals surface area contributed by atoms with Crippen LogP contribution >= 0.6 is 31.9 Å². The van der Waals surface area contributed by atoms with E-state index < -0.39 is 10.0 Å². The molecule has 0 unspecified atom stereocenters. The van der Waals surface area contributed by atoms with Gasteiger partial charge < -0.3 is 4.90 Å². The molecule has 0 spiro atoms. The van der Waals surface area contributed by atoms with E-state index in [4.69, 9.17) is 0 Å². The first kappa shape index (κ1) is 21.3. The van der Waals surface area contributed by atoms with Crippen molar-refractivity contribution < 1.29 is 8.42 Å². The molecule has 0 aromatic heterocycles. The number of sulfonamides is 1. The van der Waals surface area contributed by atoms with Crippen molar-refractivity contribution in [3.63, 3.8) is 0 Å². The highest BCUT2D eigenvalue weighted by Gasteiger charge is 2.39. The summed E-state index contributed by atoms with van der Waals surface area (Å²) in [5.41, 5.74) is 2.04. The summed E-state index contributed by atoms with van der Waals surface area (Å²) in [6.45, 7) is 4.61. The Kier molecular flexibility index (Phi) is 6.50. The van der Waals surface area contributed by atoms with Crippen molar-refractivity contribution in [2.45, 2.75) is 43.8 Å². The first-order valence-corrected chi connectivity index (χ1v) is 11.9. The van der Waals surface area contributed by atoms with Crippen molar-refractivity contribution in [3.05, 3.63) is 62.5 Å². The van der Waals surface area contributed by atoms with Crippen LogP contribution in [0, 0.1) is 18.4 Å². The van der Waals surface area contributed by atoms with Gasteiger partial charge in [-0.2, -0.15) is 9.57 Å². The number of benzene rings is 2. The summed E-state index contributed by atoms with van der Waals surface area (Å²) in [6.07, 6.45) is 2.79. The predicted molar refractivity (Wildman–Crippen MR) is 116 cm³/mol. The Hall–Kier alpha value is -1.40. The van der Waals surface area contributed by atoms with Gasteiger partial charge in [0.1, 0.15) is 0 Å². The summed E-state index contributed by atoms with van der Waals surface area (Å²) >= 11 is 6.76. The van der Waals surface area contributed by atoms with Crippen LogP contribution in [0.25, 0.3) is 0 Å². The Morgan fingerprint density at radius 1 is 1.21 bits per heavy atom. The first-order chi connectivity index (χ1) is 13.2. The standard InChI is InChI=1S/C20H21Br2N3O2S/c1-14-3-5-16(6-4-14)11-25(18-9-15(2)24(12-18)13-23)28(26,27)20-10-17(21)7-8-19(20)22/h3-8,10,15,18H,9,11-12H2,1-2H3/t15-,18-/m0/s1. The van der Waals surface area contributed by atoms with E-state index in [-0.39, 0.29) is 23.5 Å². The number of rotatable bonds is 5. The summed E-state index contributed by atoms with van der Waals surface area (Å²) in [5.74, 6) is 0. The molecule has 1 aliphatic rings. The van der Waals surface area contributed by atoms with Crippen molar-refractivity contribution in [2.24, 2.45) is 0 Å². The number of aryl methyl sites for hydroxylation is 1. The van der Waals surface area contributed by atoms with Gasteiger partial charge in [0.25, 0.3) is 0 Å². The Labute approximate surface area is 183 Å². The number of likely N-dealkylation sites (tertiary alicyclic amines) is 1. The highest BCUT2D eigenvalue weighted by atomic mass is 79.9. The molecule has 5 nitrogen and oxygen atoms in total. The molecule has 2 atom stereocenters. The van der Waals surface area contributed by atoms with Gasteiger partial charge in [0.15, 0.2) is 6.19 Å². The van der Waals surface area contributed by atoms with Crippen LogP contribution in [-0.2, 0) is 16.6 Å². The fourth-order valence-electron chi connectivity index (χ4n) is 3.44. The van der Waals surface area contributed by atoms with Crippen molar-refractivity contribution >= 4 is 41.9 Å². The van der Waals surface area contributed by atoms with Crippen molar-refractivity contribution in [3.8, 4) is 6.19 Å². The zero-order chi connectivity index (χ0) is 20.5. The van der Waals surface area contributed by atoms with Gasteiger partial charge in [-0.15, -0.1) is 0 Å². The van der Waals surface area contributed by atoms with Gasteiger partial charge in [0.05, 0.1) is 4.90 Å². The first-order valence-electron chi connectivity index (χ1n) is 8.91. The zero-order valence-corrected chi connectivity index (χ0v) is 19.6. The number of nitriles is 1. The lowest BCUT2D eigenvalue weighted by Crippen LogP contribution is -2.41. The molecule has 0 aliphatic carbocycles. The van der Waals surface area contributed by atoms with Gasteiger partial charge in [-0.25, -0.2) is 8.42 Å². The molecule has 0 saturated carbocycles. The van der Waals surface area contributed by atoms with Crippen LogP contribution in [0.2, 0.25) is 0 Å². The van der Waals surface area contributed by atoms with E-state index in [1.165, 1.54) is 4.31 Å². The maximum Gasteiger partial charge on any atom is 0.244 e. The largest absolute Gasteiger partial charge is 0.306 e. The summed E-state index contributed by atoms with van der Waals surface area (Å²) in [6, 6.07) is 12.7. The third-order valence-corrected chi connectivity index (χ3v) is 8.41. The van der Waals surface area contributed by atoms with Crippen molar-refractivity contribution in [1.29, 1.82) is 5.26 Å². The van der Waals surface area contributed by atoms with Gasteiger partial charge in [0.2, 0.25) is 10.0 Å². The van der Waals surface area contributed by atoms with Gasteiger partial charge in [0, 0.05) is 34.1 Å². The second kappa shape index (κ2) is 8.54. The molecular weight excluding hydrogens is 506 g/mol. The molecule has 0 bridgehead atoms. The van der Waals surface area contributed by atoms with E-state index >= 15 is 0 Å². The molecule has 28 heavy (non-hydrogen) atoms. The normalized spacial score (nSPS) is 19.8. The maximum absolute atomic E-state index is 13.6. The van der Waals surface area contributed by atoms with Gasteiger partial charge in [-0.3, -0.25) is 0 Å². The molecule has 148 valence electrons. The fraction of sp³-hybridized carbons (Fsp3) is 0.350. The molecule has 3 rings (SSSR count). The van der Waals surface area contributed by atoms with Crippen LogP contribution in [0.4, 0.5) is 0 Å². The summed E-state index contributed by atoms with van der Waals surface area (Å²) in [5, 5.41) is 9.35. The van der Waals surface area contributed by atoms with E-state index in [9.17, 15) is 13.7 Å². The molecule has 1 heterocycles. The van der Waals surface area contributed by atoms with E-state index in [1.807, 2.05) is 38.1 Å². The number of hydrogen-bond donors (Lipinski definition) is 0. The summed E-state index contributed by atoms with van der Waals surface area (Å²) in [4.78, 5) is 1.87. The summed E-state index contributed by atoms with van der Waals surface area (Å²) in [7, 11) is -3.78. The highest BCUT2D eigenvalue weighted by molar-refractivity contribution is 9.11. The lowest BCUT2D eigenvalue weighted by atomic mass is 10.1. The lowest BCUT2D eigenvalue weighted by Gasteiger charge is -2.28. The van der Waals surface area contributed by atoms with Crippen LogP contribution in [0.15, 0.2) is 56.3 Å². The highest BCUT2D eigenvalue weighted by Crippen LogP contribution is 2.33. The molecule has 2 aromatic rings. The van der Waals surface area contributed by atoms with Gasteiger partial charge in [-0.1, -0.05) is 45.8 Å². The predicted octanol–water partition coefficient (Wildman–Crippen LogP) is 4.65. The van der Waals surface area contributed by atoms with Crippen LogP contribution in [-0.4, -0.2) is 36.3 Å². The molecule has 0 radical (unpaired) electrons. The average molecular weight is 527 g/mol. The van der Waals surface area contributed by atoms with Crippen LogP contribution in [0.5, 0.6) is 0 Å². The Morgan fingerprint density at radius 2 is 1.89 bits per heavy atom. The summed E-state index contributed by atoms with van der Waals surface area (Å²) < 4.78 is 30.0. The lowest BCUT2D eigenvalue weighted by molar-refractivity contribution is 0.313. The van der Waals surface area contributed by atoms with Crippen LogP contribution < -0.4 is 0 Å². The van der Waals surface area contributed by atoms with Crippen molar-refractivity contribution in [2.75, 3.05) is 6.54 Å². The maximum atomic E-state index is 13.6. The minimum absolute atomic E-state index is 0.0108. The second-order valence-corrected chi connectivity index (χ2v) is 10.7. The minimum Gasteiger partial charge on any atom is -0.306 e. The molecular formula is C20H21Br2N3O2S. The van der Waals surface area contributed by atoms with E-state index in [1.54, 1.807) is 23.1 Å². The topological polar surface area (TPSA) is 64.4 Å². The Bertz CT molecular complexity index is 1000. The number of nitrogens with zero attached hydrogens (tertiary/aromatic N) is 3.